The quantitative estimate of drug-likeness (QED) is 0.203. The van der Waals surface area contributed by atoms with Crippen LogP contribution in [0.1, 0.15) is 36.2 Å². The molecule has 2 aromatic heterocycles. The van der Waals surface area contributed by atoms with Crippen LogP contribution in [-0.2, 0) is 6.42 Å². The monoisotopic (exact) mass is 533 g/mol. The number of rotatable bonds is 9. The maximum Gasteiger partial charge on any atom is 0.216 e. The standard InChI is InChI=1S/C30H27Cl2N2O3/c1-18(2)8-9-19-12-13-25(34-30(19)37-4)24-7-5-6-22(27(24)31)23-14-15-33-29(28(23)32)20-10-11-21(17-35)26(16-20)36-3/h5-7,10-17H,8-9H2,1-4H3. The molecule has 37 heavy (non-hydrogen) atoms. The molecule has 0 unspecified atom stereocenters. The molecular weight excluding hydrogens is 507 g/mol. The van der Waals surface area contributed by atoms with E-state index >= 15 is 0 Å². The number of nitrogens with zero attached hydrogens (tertiary/aromatic N) is 2. The Kier molecular flexibility index (Phi) is 8.47. The Labute approximate surface area is 227 Å². The molecule has 4 rings (SSSR count). The molecule has 0 fully saturated rings. The minimum atomic E-state index is 0.439. The molecule has 0 N–H and O–H groups in total. The number of aromatic nitrogens is 2. The predicted molar refractivity (Wildman–Crippen MR) is 150 cm³/mol. The first-order valence-corrected chi connectivity index (χ1v) is 12.5. The summed E-state index contributed by atoms with van der Waals surface area (Å²) in [5.41, 5.74) is 5.76. The second-order valence-corrected chi connectivity index (χ2v) is 9.59. The van der Waals surface area contributed by atoms with Crippen LogP contribution in [0.2, 0.25) is 10.0 Å². The molecule has 0 aliphatic heterocycles. The molecule has 1 radical (unpaired) electrons. The summed E-state index contributed by atoms with van der Waals surface area (Å²) in [4.78, 5) is 20.5. The molecule has 189 valence electrons. The smallest absolute Gasteiger partial charge is 0.216 e. The molecule has 4 aromatic rings. The minimum absolute atomic E-state index is 0.439. The molecule has 0 bridgehead atoms. The van der Waals surface area contributed by atoms with Crippen molar-refractivity contribution in [2.45, 2.75) is 26.7 Å². The van der Waals surface area contributed by atoms with E-state index in [1.165, 1.54) is 13.0 Å². The zero-order chi connectivity index (χ0) is 26.5. The molecule has 0 spiro atoms. The summed E-state index contributed by atoms with van der Waals surface area (Å²) >= 11 is 13.8. The average Bonchev–Trinajstić information content (AvgIpc) is 2.92. The highest BCUT2D eigenvalue weighted by Gasteiger charge is 2.18. The molecule has 0 aliphatic carbocycles. The summed E-state index contributed by atoms with van der Waals surface area (Å²) in [6, 6.07) is 16.8. The lowest BCUT2D eigenvalue weighted by atomic mass is 9.98. The molecule has 0 atom stereocenters. The van der Waals surface area contributed by atoms with Crippen molar-refractivity contribution in [1.29, 1.82) is 0 Å². The number of aryl methyl sites for hydroxylation is 1. The fraction of sp³-hybridized carbons (Fsp3) is 0.200. The van der Waals surface area contributed by atoms with Gasteiger partial charge in [-0.05, 0) is 43.0 Å². The lowest BCUT2D eigenvalue weighted by Gasteiger charge is -2.15. The van der Waals surface area contributed by atoms with Crippen LogP contribution >= 0.6 is 23.2 Å². The molecular formula is C30H27Cl2N2O3. The van der Waals surface area contributed by atoms with Gasteiger partial charge in [-0.1, -0.05) is 67.4 Å². The van der Waals surface area contributed by atoms with E-state index in [1.807, 2.05) is 36.4 Å². The highest BCUT2D eigenvalue weighted by molar-refractivity contribution is 6.39. The average molecular weight is 534 g/mol. The number of methoxy groups -OCH3 is 2. The first kappa shape index (κ1) is 26.6. The summed E-state index contributed by atoms with van der Waals surface area (Å²) in [6.45, 7) is 4.23. The topological polar surface area (TPSA) is 61.3 Å². The fourth-order valence-corrected chi connectivity index (χ4v) is 4.76. The van der Waals surface area contributed by atoms with Crippen LogP contribution in [0, 0.1) is 5.92 Å². The van der Waals surface area contributed by atoms with Crippen molar-refractivity contribution in [1.82, 2.24) is 9.97 Å². The van der Waals surface area contributed by atoms with Crippen molar-refractivity contribution in [3.05, 3.63) is 87.9 Å². The van der Waals surface area contributed by atoms with E-state index in [-0.39, 0.29) is 0 Å². The first-order chi connectivity index (χ1) is 17.9. The molecule has 2 aromatic carbocycles. The molecule has 5 nitrogen and oxygen atoms in total. The van der Waals surface area contributed by atoms with E-state index in [0.717, 1.165) is 46.9 Å². The summed E-state index contributed by atoms with van der Waals surface area (Å²) in [5.74, 6) is 2.40. The van der Waals surface area contributed by atoms with Gasteiger partial charge in [0.1, 0.15) is 5.75 Å². The van der Waals surface area contributed by atoms with Gasteiger partial charge in [-0.2, -0.15) is 0 Å². The molecule has 0 amide bonds. The van der Waals surface area contributed by atoms with Crippen molar-refractivity contribution in [2.24, 2.45) is 0 Å². The van der Waals surface area contributed by atoms with Gasteiger partial charge in [0, 0.05) is 34.0 Å². The third-order valence-corrected chi connectivity index (χ3v) is 6.90. The second-order valence-electron chi connectivity index (χ2n) is 8.83. The van der Waals surface area contributed by atoms with E-state index in [4.69, 9.17) is 37.7 Å². The van der Waals surface area contributed by atoms with E-state index in [0.29, 0.717) is 38.6 Å². The number of halogens is 2. The first-order valence-electron chi connectivity index (χ1n) is 11.8. The third kappa shape index (κ3) is 5.63. The van der Waals surface area contributed by atoms with Crippen molar-refractivity contribution >= 4 is 29.5 Å². The number of ether oxygens (including phenoxy) is 2. The second kappa shape index (κ2) is 11.8. The van der Waals surface area contributed by atoms with E-state index in [2.05, 4.69) is 18.8 Å². The summed E-state index contributed by atoms with van der Waals surface area (Å²) < 4.78 is 10.9. The number of benzene rings is 2. The van der Waals surface area contributed by atoms with Crippen molar-refractivity contribution in [3.8, 4) is 45.3 Å². The lowest BCUT2D eigenvalue weighted by molar-refractivity contribution is 0.112. The van der Waals surface area contributed by atoms with Crippen LogP contribution in [0.4, 0.5) is 0 Å². The minimum Gasteiger partial charge on any atom is -0.496 e. The molecule has 0 saturated heterocycles. The Bertz CT molecular complexity index is 1440. The maximum absolute atomic E-state index is 11.3. The summed E-state index contributed by atoms with van der Waals surface area (Å²) in [7, 11) is 3.15. The van der Waals surface area contributed by atoms with Crippen LogP contribution in [0.25, 0.3) is 33.6 Å². The normalized spacial score (nSPS) is 11.0. The van der Waals surface area contributed by atoms with Gasteiger partial charge in [0.05, 0.1) is 41.2 Å². The van der Waals surface area contributed by atoms with Crippen molar-refractivity contribution in [2.75, 3.05) is 14.2 Å². The Morgan fingerprint density at radius 3 is 2.38 bits per heavy atom. The number of pyridine rings is 2. The zero-order valence-corrected chi connectivity index (χ0v) is 22.7. The van der Waals surface area contributed by atoms with Crippen LogP contribution in [0.15, 0.2) is 60.8 Å². The van der Waals surface area contributed by atoms with Gasteiger partial charge < -0.3 is 9.47 Å². The molecule has 0 saturated carbocycles. The lowest BCUT2D eigenvalue weighted by Crippen LogP contribution is -1.99. The van der Waals surface area contributed by atoms with Crippen LogP contribution in [-0.4, -0.2) is 30.5 Å². The van der Waals surface area contributed by atoms with E-state index in [9.17, 15) is 4.79 Å². The van der Waals surface area contributed by atoms with Gasteiger partial charge in [0.25, 0.3) is 0 Å². The highest BCUT2D eigenvalue weighted by Crippen LogP contribution is 2.42. The SMILES string of the molecule is COc1cc(-c2nccc(-c3cccc(-c4ccc(CC[C](C)C)c(OC)n4)c3Cl)c2Cl)ccc1C=O. The van der Waals surface area contributed by atoms with Gasteiger partial charge in [-0.15, -0.1) is 0 Å². The van der Waals surface area contributed by atoms with Crippen LogP contribution in [0.3, 0.4) is 0 Å². The van der Waals surface area contributed by atoms with Crippen LogP contribution < -0.4 is 9.47 Å². The maximum atomic E-state index is 11.3. The Morgan fingerprint density at radius 2 is 1.68 bits per heavy atom. The Morgan fingerprint density at radius 1 is 0.919 bits per heavy atom. The molecule has 2 heterocycles. The Balaban J connectivity index is 1.76. The number of aldehydes is 1. The molecule has 7 heteroatoms. The third-order valence-electron chi connectivity index (χ3n) is 6.11. The van der Waals surface area contributed by atoms with Crippen molar-refractivity contribution in [3.63, 3.8) is 0 Å². The van der Waals surface area contributed by atoms with Crippen LogP contribution in [0.5, 0.6) is 11.6 Å². The zero-order valence-electron chi connectivity index (χ0n) is 21.1. The van der Waals surface area contributed by atoms with Gasteiger partial charge in [-0.25, -0.2) is 4.98 Å². The largest absolute Gasteiger partial charge is 0.496 e. The number of carbonyl (C=O) groups is 1. The van der Waals surface area contributed by atoms with Gasteiger partial charge in [0.15, 0.2) is 6.29 Å². The van der Waals surface area contributed by atoms with E-state index in [1.54, 1.807) is 31.5 Å². The van der Waals surface area contributed by atoms with E-state index < -0.39 is 0 Å². The van der Waals surface area contributed by atoms with Crippen molar-refractivity contribution < 1.29 is 14.3 Å². The number of hydrogen-bond acceptors (Lipinski definition) is 5. The van der Waals surface area contributed by atoms with Gasteiger partial charge >= 0.3 is 0 Å². The van der Waals surface area contributed by atoms with Gasteiger partial charge in [0.2, 0.25) is 5.88 Å². The summed E-state index contributed by atoms with van der Waals surface area (Å²) in [5, 5.41) is 0.963. The predicted octanol–water partition coefficient (Wildman–Crippen LogP) is 8.16. The fourth-order valence-electron chi connectivity index (χ4n) is 4.12. The number of hydrogen-bond donors (Lipinski definition) is 0. The highest BCUT2D eigenvalue weighted by atomic mass is 35.5. The Hall–Kier alpha value is -3.41. The summed E-state index contributed by atoms with van der Waals surface area (Å²) in [6.07, 6.45) is 4.27. The number of carbonyl (C=O) groups excluding carboxylic acids is 1. The molecule has 0 aliphatic rings. The van der Waals surface area contributed by atoms with Gasteiger partial charge in [-0.3, -0.25) is 9.78 Å².